The highest BCUT2D eigenvalue weighted by molar-refractivity contribution is 14.0. The van der Waals surface area contributed by atoms with Gasteiger partial charge in [0.15, 0.2) is 5.96 Å². The number of hydrogen-bond acceptors (Lipinski definition) is 3. The molecule has 0 amide bonds. The van der Waals surface area contributed by atoms with Crippen LogP contribution in [0, 0.1) is 11.6 Å². The highest BCUT2D eigenvalue weighted by atomic mass is 127. The molecule has 0 radical (unpaired) electrons. The standard InChI is InChI=1S/C19H22ClF2N5.HI/c1-2-23-19(25-11-13-10-14(21)5-6-17(13)22)26-15-7-9-27(12-15)18-16(20)4-3-8-24-18;/h3-6,8,10,15H,2,7,9,11-12H2,1H3,(H2,23,25,26);1H. The highest BCUT2D eigenvalue weighted by Crippen LogP contribution is 2.25. The second-order valence-electron chi connectivity index (χ2n) is 6.32. The van der Waals surface area contributed by atoms with Crippen molar-refractivity contribution in [2.45, 2.75) is 25.9 Å². The number of pyridine rings is 1. The lowest BCUT2D eigenvalue weighted by Crippen LogP contribution is -2.44. The van der Waals surface area contributed by atoms with Crippen LogP contribution in [-0.4, -0.2) is 36.6 Å². The number of guanidine groups is 1. The fourth-order valence-corrected chi connectivity index (χ4v) is 3.26. The molecule has 1 aromatic carbocycles. The molecule has 9 heteroatoms. The van der Waals surface area contributed by atoms with Crippen LogP contribution < -0.4 is 15.5 Å². The summed E-state index contributed by atoms with van der Waals surface area (Å²) in [4.78, 5) is 10.9. The number of anilines is 1. The SMILES string of the molecule is CCNC(=NCc1cc(F)ccc1F)NC1CCN(c2ncccc2Cl)C1.I. The molecular weight excluding hydrogens is 499 g/mol. The molecule has 5 nitrogen and oxygen atoms in total. The van der Waals surface area contributed by atoms with Crippen LogP contribution in [0.5, 0.6) is 0 Å². The van der Waals surface area contributed by atoms with Crippen molar-refractivity contribution in [2.24, 2.45) is 4.99 Å². The minimum absolute atomic E-state index is 0. The van der Waals surface area contributed by atoms with Crippen LogP contribution in [0.3, 0.4) is 0 Å². The van der Waals surface area contributed by atoms with Crippen molar-refractivity contribution < 1.29 is 8.78 Å². The first-order chi connectivity index (χ1) is 13.1. The van der Waals surface area contributed by atoms with Crippen molar-refractivity contribution in [3.05, 3.63) is 58.7 Å². The third-order valence-electron chi connectivity index (χ3n) is 4.33. The molecule has 1 aliphatic heterocycles. The Morgan fingerprint density at radius 3 is 2.93 bits per heavy atom. The first-order valence-electron chi connectivity index (χ1n) is 8.91. The average molecular weight is 522 g/mol. The van der Waals surface area contributed by atoms with Gasteiger partial charge in [-0.3, -0.25) is 0 Å². The summed E-state index contributed by atoms with van der Waals surface area (Å²) in [5.41, 5.74) is 0.223. The van der Waals surface area contributed by atoms with Crippen LogP contribution in [-0.2, 0) is 6.54 Å². The Kier molecular flexibility index (Phi) is 8.68. The Morgan fingerprint density at radius 1 is 1.36 bits per heavy atom. The first kappa shape index (κ1) is 22.6. The van der Waals surface area contributed by atoms with E-state index in [9.17, 15) is 8.78 Å². The molecule has 0 spiro atoms. The number of rotatable bonds is 5. The van der Waals surface area contributed by atoms with Gasteiger partial charge in [-0.2, -0.15) is 0 Å². The summed E-state index contributed by atoms with van der Waals surface area (Å²) in [7, 11) is 0. The molecule has 152 valence electrons. The van der Waals surface area contributed by atoms with Gasteiger partial charge in [0.1, 0.15) is 17.5 Å². The number of nitrogens with zero attached hydrogens (tertiary/aromatic N) is 3. The van der Waals surface area contributed by atoms with Gasteiger partial charge >= 0.3 is 0 Å². The second-order valence-corrected chi connectivity index (χ2v) is 6.72. The topological polar surface area (TPSA) is 52.6 Å². The molecule has 3 rings (SSSR count). The van der Waals surface area contributed by atoms with Gasteiger partial charge in [0, 0.05) is 37.4 Å². The minimum atomic E-state index is -0.474. The van der Waals surface area contributed by atoms with Gasteiger partial charge in [-0.15, -0.1) is 24.0 Å². The molecule has 1 unspecified atom stereocenters. The van der Waals surface area contributed by atoms with Crippen molar-refractivity contribution in [3.8, 4) is 0 Å². The number of halogens is 4. The Labute approximate surface area is 185 Å². The smallest absolute Gasteiger partial charge is 0.191 e. The van der Waals surface area contributed by atoms with Crippen molar-refractivity contribution in [3.63, 3.8) is 0 Å². The molecule has 0 bridgehead atoms. The molecular formula is C19H23ClF2IN5. The fourth-order valence-electron chi connectivity index (χ4n) is 3.02. The zero-order chi connectivity index (χ0) is 19.2. The summed E-state index contributed by atoms with van der Waals surface area (Å²) in [6.07, 6.45) is 2.62. The summed E-state index contributed by atoms with van der Waals surface area (Å²) < 4.78 is 27.1. The van der Waals surface area contributed by atoms with E-state index >= 15 is 0 Å². The van der Waals surface area contributed by atoms with Gasteiger partial charge in [0.25, 0.3) is 0 Å². The average Bonchev–Trinajstić information content (AvgIpc) is 3.11. The Bertz CT molecular complexity index is 821. The van der Waals surface area contributed by atoms with E-state index in [4.69, 9.17) is 11.6 Å². The molecule has 1 atom stereocenters. The van der Waals surface area contributed by atoms with Crippen LogP contribution in [0.15, 0.2) is 41.5 Å². The first-order valence-corrected chi connectivity index (χ1v) is 9.29. The van der Waals surface area contributed by atoms with Crippen LogP contribution in [0.25, 0.3) is 0 Å². The van der Waals surface area contributed by atoms with Gasteiger partial charge in [0.2, 0.25) is 0 Å². The normalized spacial score (nSPS) is 16.6. The van der Waals surface area contributed by atoms with Crippen molar-refractivity contribution in [1.29, 1.82) is 0 Å². The van der Waals surface area contributed by atoms with E-state index in [1.54, 1.807) is 12.3 Å². The maximum Gasteiger partial charge on any atom is 0.191 e. The van der Waals surface area contributed by atoms with E-state index in [0.29, 0.717) is 17.5 Å². The van der Waals surface area contributed by atoms with Gasteiger partial charge in [-0.25, -0.2) is 18.8 Å². The van der Waals surface area contributed by atoms with Crippen LogP contribution in [0.4, 0.5) is 14.6 Å². The maximum atomic E-state index is 13.8. The van der Waals surface area contributed by atoms with Crippen LogP contribution in [0.1, 0.15) is 18.9 Å². The maximum absolute atomic E-state index is 13.8. The third-order valence-corrected chi connectivity index (χ3v) is 4.62. The quantitative estimate of drug-likeness (QED) is 0.355. The third kappa shape index (κ3) is 5.91. The molecule has 1 saturated heterocycles. The van der Waals surface area contributed by atoms with E-state index in [1.807, 2.05) is 13.0 Å². The molecule has 1 aliphatic rings. The van der Waals surface area contributed by atoms with Crippen molar-refractivity contribution >= 4 is 47.4 Å². The largest absolute Gasteiger partial charge is 0.357 e. The lowest BCUT2D eigenvalue weighted by molar-refractivity contribution is 0.584. The molecule has 2 heterocycles. The monoisotopic (exact) mass is 521 g/mol. The Morgan fingerprint density at radius 2 is 2.18 bits per heavy atom. The van der Waals surface area contributed by atoms with Crippen molar-refractivity contribution in [1.82, 2.24) is 15.6 Å². The van der Waals surface area contributed by atoms with Crippen LogP contribution in [0.2, 0.25) is 5.02 Å². The minimum Gasteiger partial charge on any atom is -0.357 e. The Hall–Kier alpha value is -1.68. The molecule has 1 aromatic heterocycles. The number of aromatic nitrogens is 1. The van der Waals surface area contributed by atoms with E-state index in [1.165, 1.54) is 6.07 Å². The summed E-state index contributed by atoms with van der Waals surface area (Å²) >= 11 is 6.23. The summed E-state index contributed by atoms with van der Waals surface area (Å²) in [6.45, 7) is 4.23. The number of aliphatic imine (C=N–C) groups is 1. The predicted molar refractivity (Wildman–Crippen MR) is 120 cm³/mol. The van der Waals surface area contributed by atoms with E-state index in [2.05, 4.69) is 25.5 Å². The summed E-state index contributed by atoms with van der Waals surface area (Å²) in [5.74, 6) is 0.401. The molecule has 0 aliphatic carbocycles. The highest BCUT2D eigenvalue weighted by Gasteiger charge is 2.25. The molecule has 2 N–H and O–H groups in total. The number of hydrogen-bond donors (Lipinski definition) is 2. The Balaban J connectivity index is 0.00000280. The lowest BCUT2D eigenvalue weighted by Gasteiger charge is -2.20. The van der Waals surface area contributed by atoms with Gasteiger partial charge in [0.05, 0.1) is 11.6 Å². The lowest BCUT2D eigenvalue weighted by atomic mass is 10.2. The van der Waals surface area contributed by atoms with E-state index in [0.717, 1.165) is 37.5 Å². The van der Waals surface area contributed by atoms with Gasteiger partial charge in [-0.1, -0.05) is 11.6 Å². The zero-order valence-corrected chi connectivity index (χ0v) is 18.5. The summed E-state index contributed by atoms with van der Waals surface area (Å²) in [6, 6.07) is 7.16. The zero-order valence-electron chi connectivity index (χ0n) is 15.5. The second kappa shape index (κ2) is 10.8. The van der Waals surface area contributed by atoms with E-state index < -0.39 is 11.6 Å². The molecule has 1 fully saturated rings. The van der Waals surface area contributed by atoms with Gasteiger partial charge < -0.3 is 15.5 Å². The number of benzene rings is 1. The molecule has 28 heavy (non-hydrogen) atoms. The van der Waals surface area contributed by atoms with E-state index in [-0.39, 0.29) is 42.1 Å². The molecule has 0 saturated carbocycles. The number of nitrogens with one attached hydrogen (secondary N) is 2. The predicted octanol–water partition coefficient (Wildman–Crippen LogP) is 3.97. The fraction of sp³-hybridized carbons (Fsp3) is 0.368. The van der Waals surface area contributed by atoms with Crippen LogP contribution >= 0.6 is 35.6 Å². The van der Waals surface area contributed by atoms with Gasteiger partial charge in [-0.05, 0) is 43.7 Å². The summed E-state index contributed by atoms with van der Waals surface area (Å²) in [5, 5.41) is 7.12. The van der Waals surface area contributed by atoms with Crippen molar-refractivity contribution in [2.75, 3.05) is 24.5 Å². The molecule has 2 aromatic rings.